The molecule has 1 aromatic carbocycles. The van der Waals surface area contributed by atoms with Crippen molar-refractivity contribution < 1.29 is 4.79 Å². The fraction of sp³-hybridized carbons (Fsp3) is 0.250. The average molecular weight is 267 g/mol. The number of hydrogen-bond donors (Lipinski definition) is 1. The Hall–Kier alpha value is -2.54. The summed E-state index contributed by atoms with van der Waals surface area (Å²) in [6.07, 6.45) is 0. The van der Waals surface area contributed by atoms with Crippen molar-refractivity contribution in [3.8, 4) is 6.07 Å². The summed E-state index contributed by atoms with van der Waals surface area (Å²) >= 11 is 0. The topological polar surface area (TPSA) is 59.9 Å². The van der Waals surface area contributed by atoms with Crippen LogP contribution in [0.2, 0.25) is 0 Å². The molecule has 0 bridgehead atoms. The van der Waals surface area contributed by atoms with Gasteiger partial charge >= 0.3 is 0 Å². The molecule has 0 amide bonds. The number of carbonyl (C=O) groups excluding carboxylic acids is 1. The molecule has 102 valence electrons. The molecule has 2 aromatic rings. The first-order valence-electron chi connectivity index (χ1n) is 6.42. The van der Waals surface area contributed by atoms with Gasteiger partial charge in [0.1, 0.15) is 0 Å². The zero-order chi connectivity index (χ0) is 14.7. The minimum Gasteiger partial charge on any atom is -0.367 e. The van der Waals surface area contributed by atoms with Crippen molar-refractivity contribution in [2.24, 2.45) is 0 Å². The van der Waals surface area contributed by atoms with Crippen molar-refractivity contribution in [3.05, 3.63) is 52.8 Å². The van der Waals surface area contributed by atoms with E-state index in [0.29, 0.717) is 5.56 Å². The maximum absolute atomic E-state index is 12.3. The number of Topliss-reactive ketones (excluding diaryl/α,β-unsaturated/α-hetero) is 1. The molecule has 4 heteroatoms. The molecular weight excluding hydrogens is 250 g/mol. The number of nitrogens with one attached hydrogen (secondary N) is 1. The molecule has 0 aliphatic carbocycles. The van der Waals surface area contributed by atoms with Crippen molar-refractivity contribution in [3.63, 3.8) is 0 Å². The number of ketones is 1. The normalized spacial score (nSPS) is 10.1. The summed E-state index contributed by atoms with van der Waals surface area (Å²) in [6, 6.07) is 11.2. The summed E-state index contributed by atoms with van der Waals surface area (Å²) in [5.74, 6) is 0.0664. The number of carbonyl (C=O) groups is 1. The molecule has 0 aliphatic rings. The van der Waals surface area contributed by atoms with Crippen LogP contribution in [-0.2, 0) is 0 Å². The number of rotatable bonds is 4. The van der Waals surface area contributed by atoms with Gasteiger partial charge in [-0.05, 0) is 38.1 Å². The number of aromatic nitrogens is 1. The van der Waals surface area contributed by atoms with E-state index >= 15 is 0 Å². The van der Waals surface area contributed by atoms with E-state index in [1.165, 1.54) is 0 Å². The minimum atomic E-state index is 0.0664. The zero-order valence-electron chi connectivity index (χ0n) is 11.9. The van der Waals surface area contributed by atoms with E-state index in [2.05, 4.69) is 11.1 Å². The van der Waals surface area contributed by atoms with Crippen LogP contribution in [0.15, 0.2) is 30.3 Å². The smallest absolute Gasteiger partial charge is 0.183 e. The van der Waals surface area contributed by atoms with Crippen LogP contribution in [0.3, 0.4) is 0 Å². The molecule has 0 fully saturated rings. The van der Waals surface area contributed by atoms with Gasteiger partial charge in [-0.1, -0.05) is 6.07 Å². The standard InChI is InChI=1S/C16H17N3O/c1-11-7-15(12(2)18-11)16(20)10-19(3)14-6-4-5-13(8-14)9-17/h4-8,18H,10H2,1-3H3. The van der Waals surface area contributed by atoms with Gasteiger partial charge < -0.3 is 9.88 Å². The van der Waals surface area contributed by atoms with Crippen LogP contribution in [0.4, 0.5) is 5.69 Å². The highest BCUT2D eigenvalue weighted by Gasteiger charge is 2.14. The van der Waals surface area contributed by atoms with E-state index in [1.807, 2.05) is 44.0 Å². The Morgan fingerprint density at radius 1 is 1.35 bits per heavy atom. The fourth-order valence-corrected chi connectivity index (χ4v) is 2.22. The summed E-state index contributed by atoms with van der Waals surface area (Å²) in [5, 5.41) is 8.90. The number of anilines is 1. The highest BCUT2D eigenvalue weighted by Crippen LogP contribution is 2.16. The molecule has 0 spiro atoms. The summed E-state index contributed by atoms with van der Waals surface area (Å²) < 4.78 is 0. The third-order valence-corrected chi connectivity index (χ3v) is 3.25. The highest BCUT2D eigenvalue weighted by atomic mass is 16.1. The van der Waals surface area contributed by atoms with Gasteiger partial charge in [-0.2, -0.15) is 5.26 Å². The van der Waals surface area contributed by atoms with E-state index in [-0.39, 0.29) is 12.3 Å². The summed E-state index contributed by atoms with van der Waals surface area (Å²) in [6.45, 7) is 4.12. The van der Waals surface area contributed by atoms with E-state index in [1.54, 1.807) is 12.1 Å². The number of aryl methyl sites for hydroxylation is 2. The maximum Gasteiger partial charge on any atom is 0.183 e. The van der Waals surface area contributed by atoms with Crippen molar-refractivity contribution in [2.45, 2.75) is 13.8 Å². The van der Waals surface area contributed by atoms with E-state index in [9.17, 15) is 4.79 Å². The molecule has 0 aliphatic heterocycles. The highest BCUT2D eigenvalue weighted by molar-refractivity contribution is 6.00. The Labute approximate surface area is 118 Å². The van der Waals surface area contributed by atoms with Crippen LogP contribution in [0, 0.1) is 25.2 Å². The van der Waals surface area contributed by atoms with Crippen LogP contribution in [-0.4, -0.2) is 24.4 Å². The minimum absolute atomic E-state index is 0.0664. The Kier molecular flexibility index (Phi) is 3.90. The van der Waals surface area contributed by atoms with Gasteiger partial charge in [0.2, 0.25) is 0 Å². The van der Waals surface area contributed by atoms with E-state index < -0.39 is 0 Å². The quantitative estimate of drug-likeness (QED) is 0.866. The number of aromatic amines is 1. The van der Waals surface area contributed by atoms with Gasteiger partial charge in [0.05, 0.1) is 18.2 Å². The molecular formula is C16H17N3O. The first-order valence-corrected chi connectivity index (χ1v) is 6.42. The number of H-pyrrole nitrogens is 1. The molecule has 20 heavy (non-hydrogen) atoms. The first-order chi connectivity index (χ1) is 9.51. The number of nitriles is 1. The molecule has 1 heterocycles. The van der Waals surface area contributed by atoms with Crippen LogP contribution in [0.1, 0.15) is 27.3 Å². The van der Waals surface area contributed by atoms with Gasteiger partial charge in [-0.3, -0.25) is 4.79 Å². The predicted molar refractivity (Wildman–Crippen MR) is 79.0 cm³/mol. The second kappa shape index (κ2) is 5.62. The molecule has 4 nitrogen and oxygen atoms in total. The van der Waals surface area contributed by atoms with E-state index in [4.69, 9.17) is 5.26 Å². The van der Waals surface area contributed by atoms with Gasteiger partial charge in [-0.15, -0.1) is 0 Å². The Morgan fingerprint density at radius 3 is 2.70 bits per heavy atom. The largest absolute Gasteiger partial charge is 0.367 e. The third-order valence-electron chi connectivity index (χ3n) is 3.25. The average Bonchev–Trinajstić information content (AvgIpc) is 2.77. The van der Waals surface area contributed by atoms with Crippen LogP contribution >= 0.6 is 0 Å². The summed E-state index contributed by atoms with van der Waals surface area (Å²) in [7, 11) is 1.85. The van der Waals surface area contributed by atoms with Gasteiger partial charge in [0.25, 0.3) is 0 Å². The molecule has 0 saturated heterocycles. The number of likely N-dealkylation sites (N-methyl/N-ethyl adjacent to an activating group) is 1. The molecule has 0 radical (unpaired) electrons. The van der Waals surface area contributed by atoms with Crippen molar-refractivity contribution >= 4 is 11.5 Å². The zero-order valence-corrected chi connectivity index (χ0v) is 11.9. The second-order valence-corrected chi connectivity index (χ2v) is 4.93. The SMILES string of the molecule is Cc1cc(C(=O)CN(C)c2cccc(C#N)c2)c(C)[nH]1. The van der Waals surface area contributed by atoms with Gasteiger partial charge in [0, 0.05) is 29.7 Å². The van der Waals surface area contributed by atoms with Crippen molar-refractivity contribution in [1.82, 2.24) is 4.98 Å². The molecule has 0 unspecified atom stereocenters. The number of nitrogens with zero attached hydrogens (tertiary/aromatic N) is 2. The van der Waals surface area contributed by atoms with Crippen molar-refractivity contribution in [1.29, 1.82) is 5.26 Å². The second-order valence-electron chi connectivity index (χ2n) is 4.93. The Balaban J connectivity index is 2.15. The molecule has 2 rings (SSSR count). The molecule has 1 aromatic heterocycles. The summed E-state index contributed by atoms with van der Waals surface area (Å²) in [4.78, 5) is 17.3. The lowest BCUT2D eigenvalue weighted by atomic mass is 10.1. The number of benzene rings is 1. The van der Waals surface area contributed by atoms with E-state index in [0.717, 1.165) is 22.6 Å². The van der Waals surface area contributed by atoms with Gasteiger partial charge in [-0.25, -0.2) is 0 Å². The Bertz CT molecular complexity index is 679. The summed E-state index contributed by atoms with van der Waals surface area (Å²) in [5.41, 5.74) is 4.07. The predicted octanol–water partition coefficient (Wildman–Crippen LogP) is 2.82. The molecule has 0 atom stereocenters. The number of hydrogen-bond acceptors (Lipinski definition) is 3. The third kappa shape index (κ3) is 2.89. The lowest BCUT2D eigenvalue weighted by Gasteiger charge is -2.18. The van der Waals surface area contributed by atoms with Crippen molar-refractivity contribution in [2.75, 3.05) is 18.5 Å². The van der Waals surface area contributed by atoms with Gasteiger partial charge in [0.15, 0.2) is 5.78 Å². The molecule has 1 N–H and O–H groups in total. The monoisotopic (exact) mass is 267 g/mol. The lowest BCUT2D eigenvalue weighted by Crippen LogP contribution is -2.25. The van der Waals surface area contributed by atoms with Crippen LogP contribution < -0.4 is 4.90 Å². The van der Waals surface area contributed by atoms with Crippen LogP contribution in [0.25, 0.3) is 0 Å². The maximum atomic E-state index is 12.3. The van der Waals surface area contributed by atoms with Crippen LogP contribution in [0.5, 0.6) is 0 Å². The lowest BCUT2D eigenvalue weighted by molar-refractivity contribution is 0.1000. The fourth-order valence-electron chi connectivity index (χ4n) is 2.22. The molecule has 0 saturated carbocycles. The first kappa shape index (κ1) is 13.9. The Morgan fingerprint density at radius 2 is 2.10 bits per heavy atom.